The molecule has 1 amide bonds. The first-order valence-electron chi connectivity index (χ1n) is 8.07. The Morgan fingerprint density at radius 3 is 2.67 bits per heavy atom. The summed E-state index contributed by atoms with van der Waals surface area (Å²) < 4.78 is 11.0. The zero-order chi connectivity index (χ0) is 17.9. The van der Waals surface area contributed by atoms with Crippen molar-refractivity contribution in [1.82, 2.24) is 14.9 Å². The highest BCUT2D eigenvalue weighted by Crippen LogP contribution is 2.19. The Morgan fingerprint density at radius 2 is 2.04 bits per heavy atom. The molecule has 2 rings (SSSR count). The first-order chi connectivity index (χ1) is 11.1. The number of carbonyl (C=O) groups excluding carboxylic acids is 2. The summed E-state index contributed by atoms with van der Waals surface area (Å²) in [6.45, 7) is 9.93. The Hall–Kier alpha value is -2.18. The lowest BCUT2D eigenvalue weighted by Crippen LogP contribution is -2.47. The molecule has 1 fully saturated rings. The topological polar surface area (TPSA) is 81.6 Å². The summed E-state index contributed by atoms with van der Waals surface area (Å²) >= 11 is 0. The molecule has 7 heteroatoms. The van der Waals surface area contributed by atoms with Gasteiger partial charge in [0.05, 0.1) is 13.2 Å². The van der Waals surface area contributed by atoms with E-state index in [-0.39, 0.29) is 18.2 Å². The summed E-state index contributed by atoms with van der Waals surface area (Å²) in [5, 5.41) is 0. The largest absolute Gasteiger partial charge is 0.477 e. The SMILES string of the molecule is Cc1cc(OCC2CC(=O)CN(C(=O)OC(C)(C)C)C2)nc(C)n1. The summed E-state index contributed by atoms with van der Waals surface area (Å²) in [5.74, 6) is 1.06. The van der Waals surface area contributed by atoms with Crippen LogP contribution in [-0.4, -0.2) is 52.0 Å². The van der Waals surface area contributed by atoms with Gasteiger partial charge in [0.1, 0.15) is 11.4 Å². The van der Waals surface area contributed by atoms with E-state index in [2.05, 4.69) is 9.97 Å². The normalized spacial score (nSPS) is 18.5. The van der Waals surface area contributed by atoms with E-state index in [4.69, 9.17) is 9.47 Å². The molecular weight excluding hydrogens is 310 g/mol. The van der Waals surface area contributed by atoms with Crippen molar-refractivity contribution >= 4 is 11.9 Å². The lowest BCUT2D eigenvalue weighted by Gasteiger charge is -2.33. The van der Waals surface area contributed by atoms with Crippen molar-refractivity contribution in [3.05, 3.63) is 17.6 Å². The van der Waals surface area contributed by atoms with Crippen LogP contribution in [0.5, 0.6) is 5.88 Å². The standard InChI is InChI=1S/C17H25N3O4/c1-11-6-15(19-12(2)18-11)23-10-13-7-14(21)9-20(8-13)16(22)24-17(3,4)5/h6,13H,7-10H2,1-5H3. The maximum Gasteiger partial charge on any atom is 0.410 e. The minimum absolute atomic E-state index is 0.00996. The van der Waals surface area contributed by atoms with Gasteiger partial charge in [0.2, 0.25) is 5.88 Å². The van der Waals surface area contributed by atoms with Gasteiger partial charge in [-0.3, -0.25) is 4.79 Å². The molecule has 0 N–H and O–H groups in total. The van der Waals surface area contributed by atoms with Crippen molar-refractivity contribution in [2.45, 2.75) is 46.6 Å². The highest BCUT2D eigenvalue weighted by atomic mass is 16.6. The van der Waals surface area contributed by atoms with Gasteiger partial charge in [0.15, 0.2) is 5.78 Å². The summed E-state index contributed by atoms with van der Waals surface area (Å²) in [6, 6.07) is 1.75. The second-order valence-corrected chi connectivity index (χ2v) is 7.18. The van der Waals surface area contributed by atoms with Crippen LogP contribution in [0.15, 0.2) is 6.07 Å². The summed E-state index contributed by atoms with van der Waals surface area (Å²) in [5.41, 5.74) is 0.243. The maximum atomic E-state index is 12.2. The Labute approximate surface area is 142 Å². The van der Waals surface area contributed by atoms with Gasteiger partial charge in [0, 0.05) is 30.6 Å². The molecule has 1 aliphatic heterocycles. The molecule has 0 radical (unpaired) electrons. The zero-order valence-electron chi connectivity index (χ0n) is 15.0. The van der Waals surface area contributed by atoms with Crippen LogP contribution >= 0.6 is 0 Å². The van der Waals surface area contributed by atoms with E-state index in [9.17, 15) is 9.59 Å². The number of aryl methyl sites for hydroxylation is 2. The number of hydrogen-bond acceptors (Lipinski definition) is 6. The van der Waals surface area contributed by atoms with E-state index < -0.39 is 11.7 Å². The summed E-state index contributed by atoms with van der Waals surface area (Å²) in [7, 11) is 0. The zero-order valence-corrected chi connectivity index (χ0v) is 15.0. The van der Waals surface area contributed by atoms with Gasteiger partial charge in [-0.25, -0.2) is 9.78 Å². The molecule has 24 heavy (non-hydrogen) atoms. The van der Waals surface area contributed by atoms with Crippen molar-refractivity contribution in [2.75, 3.05) is 19.7 Å². The third kappa shape index (κ3) is 5.47. The molecule has 0 spiro atoms. The molecule has 1 aromatic heterocycles. The van der Waals surface area contributed by atoms with Crippen LogP contribution in [0.2, 0.25) is 0 Å². The maximum absolute atomic E-state index is 12.2. The number of carbonyl (C=O) groups is 2. The van der Waals surface area contributed by atoms with Crippen LogP contribution in [0.25, 0.3) is 0 Å². The van der Waals surface area contributed by atoms with Gasteiger partial charge in [-0.2, -0.15) is 4.98 Å². The van der Waals surface area contributed by atoms with E-state index in [1.54, 1.807) is 33.8 Å². The molecule has 0 bridgehead atoms. The molecule has 2 heterocycles. The summed E-state index contributed by atoms with van der Waals surface area (Å²) in [6.07, 6.45) is -0.0724. The minimum Gasteiger partial charge on any atom is -0.477 e. The fourth-order valence-corrected chi connectivity index (χ4v) is 2.58. The number of amides is 1. The van der Waals surface area contributed by atoms with Crippen LogP contribution in [0.1, 0.15) is 38.7 Å². The van der Waals surface area contributed by atoms with E-state index >= 15 is 0 Å². The van der Waals surface area contributed by atoms with Crippen molar-refractivity contribution in [3.63, 3.8) is 0 Å². The van der Waals surface area contributed by atoms with Gasteiger partial charge >= 0.3 is 6.09 Å². The van der Waals surface area contributed by atoms with Crippen molar-refractivity contribution in [1.29, 1.82) is 0 Å². The molecule has 1 unspecified atom stereocenters. The molecule has 0 saturated carbocycles. The Morgan fingerprint density at radius 1 is 1.33 bits per heavy atom. The number of Topliss-reactive ketones (excluding diaryl/α,β-unsaturated/α-hetero) is 1. The lowest BCUT2D eigenvalue weighted by molar-refractivity contribution is -0.124. The summed E-state index contributed by atoms with van der Waals surface area (Å²) in [4.78, 5) is 34.0. The van der Waals surface area contributed by atoms with Gasteiger partial charge in [-0.15, -0.1) is 0 Å². The van der Waals surface area contributed by atoms with Crippen LogP contribution in [-0.2, 0) is 9.53 Å². The Kier molecular flexibility index (Phi) is 5.41. The number of rotatable bonds is 3. The predicted octanol–water partition coefficient (Wildman–Crippen LogP) is 2.30. The van der Waals surface area contributed by atoms with E-state index in [0.717, 1.165) is 5.69 Å². The average molecular weight is 335 g/mol. The molecule has 0 aliphatic carbocycles. The van der Waals surface area contributed by atoms with Crippen LogP contribution < -0.4 is 4.74 Å². The van der Waals surface area contributed by atoms with Crippen molar-refractivity contribution < 1.29 is 19.1 Å². The van der Waals surface area contributed by atoms with Crippen LogP contribution in [0, 0.1) is 19.8 Å². The highest BCUT2D eigenvalue weighted by Gasteiger charge is 2.31. The third-order valence-corrected chi connectivity index (χ3v) is 3.42. The van der Waals surface area contributed by atoms with Crippen molar-refractivity contribution in [3.8, 4) is 5.88 Å². The molecule has 0 aromatic carbocycles. The number of ketones is 1. The number of piperidine rings is 1. The molecule has 1 aliphatic rings. The molecule has 132 valence electrons. The van der Waals surface area contributed by atoms with Crippen LogP contribution in [0.4, 0.5) is 4.79 Å². The van der Waals surface area contributed by atoms with Gasteiger partial charge in [-0.1, -0.05) is 0 Å². The molecule has 1 saturated heterocycles. The van der Waals surface area contributed by atoms with Gasteiger partial charge in [-0.05, 0) is 34.6 Å². The van der Waals surface area contributed by atoms with Crippen molar-refractivity contribution in [2.24, 2.45) is 5.92 Å². The molecule has 7 nitrogen and oxygen atoms in total. The highest BCUT2D eigenvalue weighted by molar-refractivity contribution is 5.85. The number of ether oxygens (including phenoxy) is 2. The lowest BCUT2D eigenvalue weighted by atomic mass is 9.98. The second-order valence-electron chi connectivity index (χ2n) is 7.18. The minimum atomic E-state index is -0.584. The molecule has 1 atom stereocenters. The first-order valence-corrected chi connectivity index (χ1v) is 8.07. The Balaban J connectivity index is 1.95. The fourth-order valence-electron chi connectivity index (χ4n) is 2.58. The van der Waals surface area contributed by atoms with E-state index in [0.29, 0.717) is 31.3 Å². The molecule has 1 aromatic rings. The average Bonchev–Trinajstić information content (AvgIpc) is 2.42. The first kappa shape index (κ1) is 18.2. The second kappa shape index (κ2) is 7.15. The van der Waals surface area contributed by atoms with Gasteiger partial charge in [0.25, 0.3) is 0 Å². The quantitative estimate of drug-likeness (QED) is 0.843. The smallest absolute Gasteiger partial charge is 0.410 e. The van der Waals surface area contributed by atoms with Gasteiger partial charge < -0.3 is 14.4 Å². The van der Waals surface area contributed by atoms with E-state index in [1.165, 1.54) is 4.90 Å². The Bertz CT molecular complexity index is 605. The van der Waals surface area contributed by atoms with Crippen LogP contribution in [0.3, 0.4) is 0 Å². The predicted molar refractivity (Wildman–Crippen MR) is 87.9 cm³/mol. The fraction of sp³-hybridized carbons (Fsp3) is 0.647. The number of likely N-dealkylation sites (tertiary alicyclic amines) is 1. The monoisotopic (exact) mass is 335 g/mol. The number of aromatic nitrogens is 2. The number of nitrogens with zero attached hydrogens (tertiary/aromatic N) is 3. The molecular formula is C17H25N3O4. The number of hydrogen-bond donors (Lipinski definition) is 0. The third-order valence-electron chi connectivity index (χ3n) is 3.42. The van der Waals surface area contributed by atoms with E-state index in [1.807, 2.05) is 6.92 Å².